The molecular weight excluding hydrogens is 245 g/mol. The van der Waals surface area contributed by atoms with Gasteiger partial charge in [0.05, 0.1) is 0 Å². The standard InChI is InChI=1S/C12H23NO3.K/c14-12(15)16-13-10-8-6-4-2-1-3-5-7-9-11-13;/h1-11H2,(H,14,15);/q;+1/p-1. The Labute approximate surface area is 146 Å². The average Bonchev–Trinajstić information content (AvgIpc) is 2.21. The van der Waals surface area contributed by atoms with Gasteiger partial charge < -0.3 is 14.7 Å². The Balaban J connectivity index is 0.00000256. The summed E-state index contributed by atoms with van der Waals surface area (Å²) < 4.78 is 0. The monoisotopic (exact) mass is 267 g/mol. The van der Waals surface area contributed by atoms with E-state index in [1.54, 1.807) is 0 Å². The first kappa shape index (κ1) is 17.9. The number of carbonyl (C=O) groups is 1. The number of hydroxylamine groups is 2. The van der Waals surface area contributed by atoms with Crippen molar-refractivity contribution < 1.29 is 66.1 Å². The third-order valence-corrected chi connectivity index (χ3v) is 3.02. The summed E-state index contributed by atoms with van der Waals surface area (Å²) >= 11 is 0. The molecule has 0 aliphatic carbocycles. The molecule has 0 saturated carbocycles. The minimum atomic E-state index is -1.44. The summed E-state index contributed by atoms with van der Waals surface area (Å²) in [6.45, 7) is 1.40. The second kappa shape index (κ2) is 11.9. The first-order valence-electron chi connectivity index (χ1n) is 6.43. The molecule has 1 aliphatic heterocycles. The van der Waals surface area contributed by atoms with Crippen LogP contribution in [0.1, 0.15) is 57.8 Å². The van der Waals surface area contributed by atoms with Gasteiger partial charge >= 0.3 is 51.4 Å². The SMILES string of the molecule is O=C([O-])ON1CCCCCCCCCCC1.[K+]. The van der Waals surface area contributed by atoms with Gasteiger partial charge in [0.15, 0.2) is 0 Å². The maximum absolute atomic E-state index is 10.4. The normalized spacial score (nSPS) is 20.5. The van der Waals surface area contributed by atoms with Gasteiger partial charge in [-0.25, -0.2) is 5.06 Å². The van der Waals surface area contributed by atoms with Gasteiger partial charge in [0.2, 0.25) is 0 Å². The first-order chi connectivity index (χ1) is 7.79. The molecule has 0 aromatic carbocycles. The fraction of sp³-hybridized carbons (Fsp3) is 0.917. The van der Waals surface area contributed by atoms with Crippen LogP contribution in [0, 0.1) is 0 Å². The van der Waals surface area contributed by atoms with Crippen LogP contribution in [-0.2, 0) is 4.84 Å². The van der Waals surface area contributed by atoms with Gasteiger partial charge in [-0.3, -0.25) is 0 Å². The van der Waals surface area contributed by atoms with Crippen LogP contribution in [0.15, 0.2) is 0 Å². The van der Waals surface area contributed by atoms with E-state index in [1.807, 2.05) is 0 Å². The zero-order chi connectivity index (χ0) is 11.6. The summed E-state index contributed by atoms with van der Waals surface area (Å²) in [5.74, 6) is 0. The second-order valence-corrected chi connectivity index (χ2v) is 4.45. The first-order valence-corrected chi connectivity index (χ1v) is 6.43. The fourth-order valence-corrected chi connectivity index (χ4v) is 2.12. The van der Waals surface area contributed by atoms with Crippen LogP contribution in [0.3, 0.4) is 0 Å². The largest absolute Gasteiger partial charge is 1.00 e. The number of carboxylic acid groups (broad SMARTS) is 1. The summed E-state index contributed by atoms with van der Waals surface area (Å²) in [4.78, 5) is 15.0. The molecule has 0 amide bonds. The molecule has 1 rings (SSSR count). The topological polar surface area (TPSA) is 52.6 Å². The Morgan fingerprint density at radius 2 is 1.18 bits per heavy atom. The molecule has 0 aromatic rings. The van der Waals surface area contributed by atoms with Crippen molar-refractivity contribution in [3.63, 3.8) is 0 Å². The predicted molar refractivity (Wildman–Crippen MR) is 59.6 cm³/mol. The molecule has 1 saturated heterocycles. The van der Waals surface area contributed by atoms with E-state index < -0.39 is 6.16 Å². The third kappa shape index (κ3) is 10.5. The summed E-state index contributed by atoms with van der Waals surface area (Å²) in [6.07, 6.45) is 9.35. The van der Waals surface area contributed by atoms with Gasteiger partial charge in [-0.2, -0.15) is 0 Å². The quantitative estimate of drug-likeness (QED) is 0.577. The van der Waals surface area contributed by atoms with Gasteiger partial charge in [0.25, 0.3) is 6.16 Å². The Bertz CT molecular complexity index is 190. The molecule has 1 fully saturated rings. The van der Waals surface area contributed by atoms with E-state index in [0.717, 1.165) is 25.7 Å². The Kier molecular flexibility index (Phi) is 12.5. The maximum Gasteiger partial charge on any atom is 1.00 e. The molecule has 0 bridgehead atoms. The van der Waals surface area contributed by atoms with Crippen molar-refractivity contribution in [3.8, 4) is 0 Å². The van der Waals surface area contributed by atoms with E-state index in [9.17, 15) is 9.90 Å². The van der Waals surface area contributed by atoms with E-state index >= 15 is 0 Å². The molecule has 0 unspecified atom stereocenters. The summed E-state index contributed by atoms with van der Waals surface area (Å²) in [7, 11) is 0. The summed E-state index contributed by atoms with van der Waals surface area (Å²) in [5, 5.41) is 11.9. The molecule has 17 heavy (non-hydrogen) atoms. The van der Waals surface area contributed by atoms with Crippen molar-refractivity contribution in [2.45, 2.75) is 57.8 Å². The van der Waals surface area contributed by atoms with Crippen molar-refractivity contribution >= 4 is 6.16 Å². The van der Waals surface area contributed by atoms with Crippen molar-refractivity contribution in [3.05, 3.63) is 0 Å². The Morgan fingerprint density at radius 1 is 0.824 bits per heavy atom. The second-order valence-electron chi connectivity index (χ2n) is 4.45. The predicted octanol–water partition coefficient (Wildman–Crippen LogP) is -0.908. The van der Waals surface area contributed by atoms with E-state index in [4.69, 9.17) is 0 Å². The summed E-state index contributed by atoms with van der Waals surface area (Å²) in [5.41, 5.74) is 0. The van der Waals surface area contributed by atoms with Gasteiger partial charge in [0, 0.05) is 13.1 Å². The Hall–Kier alpha value is 0.866. The van der Waals surface area contributed by atoms with Crippen molar-refractivity contribution in [2.75, 3.05) is 13.1 Å². The molecule has 1 aliphatic rings. The minimum Gasteiger partial charge on any atom is -0.466 e. The van der Waals surface area contributed by atoms with E-state index in [-0.39, 0.29) is 51.4 Å². The molecule has 0 atom stereocenters. The molecule has 5 heteroatoms. The molecule has 94 valence electrons. The number of carbonyl (C=O) groups excluding carboxylic acids is 1. The summed E-state index contributed by atoms with van der Waals surface area (Å²) in [6, 6.07) is 0. The van der Waals surface area contributed by atoms with Crippen LogP contribution < -0.4 is 56.5 Å². The van der Waals surface area contributed by atoms with Gasteiger partial charge in [-0.1, -0.05) is 44.9 Å². The molecular formula is C12H22KNO3. The third-order valence-electron chi connectivity index (χ3n) is 3.02. The number of rotatable bonds is 1. The molecule has 4 nitrogen and oxygen atoms in total. The van der Waals surface area contributed by atoms with Crippen LogP contribution >= 0.6 is 0 Å². The minimum absolute atomic E-state index is 0. The van der Waals surface area contributed by atoms with E-state index in [0.29, 0.717) is 13.1 Å². The Morgan fingerprint density at radius 3 is 1.53 bits per heavy atom. The molecule has 0 aromatic heterocycles. The van der Waals surface area contributed by atoms with Crippen LogP contribution in [0.25, 0.3) is 0 Å². The number of nitrogens with zero attached hydrogens (tertiary/aromatic N) is 1. The van der Waals surface area contributed by atoms with Crippen molar-refractivity contribution in [2.24, 2.45) is 0 Å². The maximum atomic E-state index is 10.4. The van der Waals surface area contributed by atoms with Crippen LogP contribution in [0.4, 0.5) is 4.79 Å². The zero-order valence-electron chi connectivity index (χ0n) is 11.0. The van der Waals surface area contributed by atoms with Crippen LogP contribution in [0.5, 0.6) is 0 Å². The molecule has 0 radical (unpaired) electrons. The van der Waals surface area contributed by atoms with Crippen LogP contribution in [-0.4, -0.2) is 24.3 Å². The van der Waals surface area contributed by atoms with E-state index in [2.05, 4.69) is 4.84 Å². The van der Waals surface area contributed by atoms with Crippen molar-refractivity contribution in [1.82, 2.24) is 5.06 Å². The number of hydrogen-bond donors (Lipinski definition) is 0. The molecule has 0 spiro atoms. The zero-order valence-corrected chi connectivity index (χ0v) is 14.1. The number of hydrogen-bond acceptors (Lipinski definition) is 4. The van der Waals surface area contributed by atoms with Crippen LogP contribution in [0.2, 0.25) is 0 Å². The molecule has 1 heterocycles. The average molecular weight is 267 g/mol. The van der Waals surface area contributed by atoms with Crippen molar-refractivity contribution in [1.29, 1.82) is 0 Å². The van der Waals surface area contributed by atoms with E-state index in [1.165, 1.54) is 37.2 Å². The smallest absolute Gasteiger partial charge is 0.466 e. The van der Waals surface area contributed by atoms with Gasteiger partial charge in [-0.05, 0) is 12.8 Å². The molecule has 0 N–H and O–H groups in total. The fourth-order valence-electron chi connectivity index (χ4n) is 2.12. The van der Waals surface area contributed by atoms with Gasteiger partial charge in [-0.15, -0.1) is 0 Å². The van der Waals surface area contributed by atoms with Gasteiger partial charge in [0.1, 0.15) is 0 Å².